The van der Waals surface area contributed by atoms with Crippen molar-refractivity contribution in [3.63, 3.8) is 0 Å². The molecule has 28 heavy (non-hydrogen) atoms. The molecular formula is C19H18FN5O3. The van der Waals surface area contributed by atoms with Crippen molar-refractivity contribution in [2.45, 2.75) is 38.8 Å². The molecule has 0 amide bonds. The number of ether oxygens (including phenoxy) is 1. The number of benzene rings is 1. The number of imidazole rings is 1. The first-order valence-electron chi connectivity index (χ1n) is 9.21. The first-order valence-corrected chi connectivity index (χ1v) is 9.21. The maximum atomic E-state index is 14.6. The van der Waals surface area contributed by atoms with Gasteiger partial charge in [0.05, 0.1) is 5.52 Å². The zero-order chi connectivity index (χ0) is 19.4. The molecule has 0 saturated carbocycles. The summed E-state index contributed by atoms with van der Waals surface area (Å²) < 4.78 is 28.5. The first kappa shape index (κ1) is 17.1. The van der Waals surface area contributed by atoms with Gasteiger partial charge in [-0.1, -0.05) is 11.2 Å². The van der Waals surface area contributed by atoms with Crippen LogP contribution in [0.15, 0.2) is 33.8 Å². The summed E-state index contributed by atoms with van der Waals surface area (Å²) in [6.45, 7) is 4.34. The highest BCUT2D eigenvalue weighted by Gasteiger charge is 2.27. The van der Waals surface area contributed by atoms with Crippen LogP contribution in [0.4, 0.5) is 4.39 Å². The Bertz CT molecular complexity index is 1250. The van der Waals surface area contributed by atoms with Gasteiger partial charge < -0.3 is 9.26 Å². The third-order valence-corrected chi connectivity index (χ3v) is 5.03. The van der Waals surface area contributed by atoms with Crippen molar-refractivity contribution in [1.82, 2.24) is 24.1 Å². The zero-order valence-corrected chi connectivity index (χ0v) is 15.4. The average Bonchev–Trinajstić information content (AvgIpc) is 3.41. The zero-order valence-electron chi connectivity index (χ0n) is 15.4. The summed E-state index contributed by atoms with van der Waals surface area (Å²) in [4.78, 5) is 22.0. The average molecular weight is 383 g/mol. The van der Waals surface area contributed by atoms with Crippen molar-refractivity contribution in [2.75, 3.05) is 6.61 Å². The van der Waals surface area contributed by atoms with E-state index in [9.17, 15) is 9.18 Å². The molecular weight excluding hydrogens is 365 g/mol. The quantitative estimate of drug-likeness (QED) is 0.540. The summed E-state index contributed by atoms with van der Waals surface area (Å²) in [5.74, 6) is 0.139. The lowest BCUT2D eigenvalue weighted by Crippen LogP contribution is -2.25. The smallest absolute Gasteiger partial charge is 0.279 e. The van der Waals surface area contributed by atoms with E-state index in [2.05, 4.69) is 15.1 Å². The highest BCUT2D eigenvalue weighted by Crippen LogP contribution is 2.30. The van der Waals surface area contributed by atoms with Gasteiger partial charge in [0.25, 0.3) is 11.4 Å². The molecule has 1 unspecified atom stereocenters. The minimum absolute atomic E-state index is 0.149. The molecule has 0 radical (unpaired) electrons. The van der Waals surface area contributed by atoms with Gasteiger partial charge in [-0.2, -0.15) is 4.98 Å². The molecule has 1 fully saturated rings. The molecule has 3 aromatic heterocycles. The van der Waals surface area contributed by atoms with Crippen LogP contribution in [-0.4, -0.2) is 30.7 Å². The van der Waals surface area contributed by atoms with Crippen LogP contribution in [-0.2, 0) is 4.74 Å². The van der Waals surface area contributed by atoms with E-state index in [0.29, 0.717) is 17.9 Å². The second-order valence-corrected chi connectivity index (χ2v) is 7.15. The molecule has 1 atom stereocenters. The fourth-order valence-electron chi connectivity index (χ4n) is 3.78. The van der Waals surface area contributed by atoms with Gasteiger partial charge in [0.15, 0.2) is 5.69 Å². The van der Waals surface area contributed by atoms with E-state index in [0.717, 1.165) is 12.8 Å². The molecule has 5 rings (SSSR count). The topological polar surface area (TPSA) is 87.5 Å². The number of nitrogens with zero attached hydrogens (tertiary/aromatic N) is 5. The van der Waals surface area contributed by atoms with Crippen molar-refractivity contribution < 1.29 is 13.7 Å². The number of para-hydroxylation sites is 1. The Balaban J connectivity index is 1.78. The van der Waals surface area contributed by atoms with E-state index < -0.39 is 5.82 Å². The molecule has 1 aromatic carbocycles. The summed E-state index contributed by atoms with van der Waals surface area (Å²) in [6, 6.07) is 4.45. The van der Waals surface area contributed by atoms with Gasteiger partial charge in [-0.25, -0.2) is 9.37 Å². The summed E-state index contributed by atoms with van der Waals surface area (Å²) in [7, 11) is 0. The Kier molecular flexibility index (Phi) is 3.80. The second-order valence-electron chi connectivity index (χ2n) is 7.15. The Hall–Kier alpha value is -3.07. The molecule has 144 valence electrons. The molecule has 8 nitrogen and oxygen atoms in total. The van der Waals surface area contributed by atoms with Crippen LogP contribution >= 0.6 is 0 Å². The molecule has 0 bridgehead atoms. The fraction of sp³-hybridized carbons (Fsp3) is 0.368. The first-order chi connectivity index (χ1) is 13.6. The monoisotopic (exact) mass is 383 g/mol. The van der Waals surface area contributed by atoms with Crippen molar-refractivity contribution in [1.29, 1.82) is 0 Å². The van der Waals surface area contributed by atoms with Crippen LogP contribution in [0.1, 0.15) is 44.7 Å². The molecule has 9 heteroatoms. The lowest BCUT2D eigenvalue weighted by Gasteiger charge is -2.16. The van der Waals surface area contributed by atoms with E-state index in [4.69, 9.17) is 9.26 Å². The van der Waals surface area contributed by atoms with E-state index in [1.54, 1.807) is 16.5 Å². The molecule has 4 aromatic rings. The lowest BCUT2D eigenvalue weighted by molar-refractivity contribution is 0.103. The van der Waals surface area contributed by atoms with E-state index in [-0.39, 0.29) is 40.3 Å². The minimum atomic E-state index is -0.459. The predicted molar refractivity (Wildman–Crippen MR) is 98.5 cm³/mol. The third-order valence-electron chi connectivity index (χ3n) is 5.03. The van der Waals surface area contributed by atoms with E-state index in [1.165, 1.54) is 17.0 Å². The molecule has 0 spiro atoms. The normalized spacial score (nSPS) is 17.4. The number of halogens is 1. The predicted octanol–water partition coefficient (Wildman–Crippen LogP) is 3.27. The highest BCUT2D eigenvalue weighted by molar-refractivity contribution is 5.83. The molecule has 1 saturated heterocycles. The van der Waals surface area contributed by atoms with Gasteiger partial charge >= 0.3 is 0 Å². The Labute approximate surface area is 158 Å². The van der Waals surface area contributed by atoms with Gasteiger partial charge in [0.1, 0.15) is 29.3 Å². The van der Waals surface area contributed by atoms with Crippen molar-refractivity contribution in [2.24, 2.45) is 0 Å². The van der Waals surface area contributed by atoms with Crippen LogP contribution in [0.3, 0.4) is 0 Å². The van der Waals surface area contributed by atoms with Gasteiger partial charge in [-0.15, -0.1) is 0 Å². The number of aromatic nitrogens is 5. The van der Waals surface area contributed by atoms with Gasteiger partial charge in [-0.05, 0) is 38.8 Å². The standard InChI is InChI=1S/C19H18FN5O3/c1-10(2)25-15-11(20)5-3-6-12(15)24-9-21-14(16(24)19(25)26)18-22-17(23-28-18)13-7-4-8-27-13/h3,5-6,9-10,13H,4,7-8H2,1-2H3. The van der Waals surface area contributed by atoms with Crippen LogP contribution in [0.2, 0.25) is 0 Å². The van der Waals surface area contributed by atoms with Crippen LogP contribution in [0.5, 0.6) is 0 Å². The maximum Gasteiger partial charge on any atom is 0.279 e. The fourth-order valence-corrected chi connectivity index (χ4v) is 3.78. The van der Waals surface area contributed by atoms with E-state index >= 15 is 0 Å². The number of fused-ring (bicyclic) bond motifs is 3. The highest BCUT2D eigenvalue weighted by atomic mass is 19.1. The summed E-state index contributed by atoms with van der Waals surface area (Å²) >= 11 is 0. The van der Waals surface area contributed by atoms with E-state index in [1.807, 2.05) is 13.8 Å². The van der Waals surface area contributed by atoms with Crippen molar-refractivity contribution in [3.8, 4) is 11.6 Å². The number of hydrogen-bond donors (Lipinski definition) is 0. The molecule has 0 N–H and O–H groups in total. The number of hydrogen-bond acceptors (Lipinski definition) is 6. The SMILES string of the molecule is CC(C)n1c(=O)c2c(-c3nc(C4CCCO4)no3)ncn2c2cccc(F)c21. The maximum absolute atomic E-state index is 14.6. The lowest BCUT2D eigenvalue weighted by atomic mass is 10.2. The third kappa shape index (κ3) is 2.39. The molecule has 1 aliphatic rings. The van der Waals surface area contributed by atoms with Gasteiger partial charge in [0, 0.05) is 12.6 Å². The Morgan fingerprint density at radius 1 is 1.29 bits per heavy atom. The Morgan fingerprint density at radius 2 is 2.14 bits per heavy atom. The largest absolute Gasteiger partial charge is 0.370 e. The van der Waals surface area contributed by atoms with Crippen LogP contribution in [0.25, 0.3) is 28.1 Å². The van der Waals surface area contributed by atoms with Gasteiger partial charge in [0.2, 0.25) is 5.82 Å². The summed E-state index contributed by atoms with van der Waals surface area (Å²) in [6.07, 6.45) is 3.05. The molecule has 1 aliphatic heterocycles. The Morgan fingerprint density at radius 3 is 2.89 bits per heavy atom. The van der Waals surface area contributed by atoms with Crippen molar-refractivity contribution >= 4 is 16.6 Å². The summed E-state index contributed by atoms with van der Waals surface area (Å²) in [5, 5.41) is 4.00. The van der Waals surface area contributed by atoms with Crippen LogP contribution < -0.4 is 5.56 Å². The second kappa shape index (κ2) is 6.23. The molecule has 4 heterocycles. The number of rotatable bonds is 3. The minimum Gasteiger partial charge on any atom is -0.370 e. The van der Waals surface area contributed by atoms with Crippen LogP contribution in [0, 0.1) is 5.82 Å². The summed E-state index contributed by atoms with van der Waals surface area (Å²) in [5.41, 5.74) is 0.971. The van der Waals surface area contributed by atoms with Gasteiger partial charge in [-0.3, -0.25) is 13.8 Å². The molecule has 0 aliphatic carbocycles. The van der Waals surface area contributed by atoms with Crippen molar-refractivity contribution in [3.05, 3.63) is 46.5 Å².